The van der Waals surface area contributed by atoms with Gasteiger partial charge in [0.2, 0.25) is 0 Å². The number of carbonyl (C=O) groups excluding carboxylic acids is 2. The van der Waals surface area contributed by atoms with Crippen LogP contribution in [0.15, 0.2) is 12.2 Å². The van der Waals surface area contributed by atoms with Crippen molar-refractivity contribution >= 4 is 12.1 Å². The molecule has 1 spiro atoms. The van der Waals surface area contributed by atoms with Crippen LogP contribution in [0.2, 0.25) is 0 Å². The standard InChI is InChI=1S/C12H16O2/c1-9-4-2-5-10(8-13)12(9)7-3-6-11(12)14/h2,4,8-10H,3,5-7H2,1H3. The average molecular weight is 192 g/mol. The number of rotatable bonds is 1. The fourth-order valence-electron chi connectivity index (χ4n) is 3.11. The van der Waals surface area contributed by atoms with Gasteiger partial charge in [-0.15, -0.1) is 0 Å². The van der Waals surface area contributed by atoms with Crippen LogP contribution in [0, 0.1) is 17.3 Å². The van der Waals surface area contributed by atoms with E-state index in [2.05, 4.69) is 13.0 Å². The van der Waals surface area contributed by atoms with Gasteiger partial charge in [-0.2, -0.15) is 0 Å². The van der Waals surface area contributed by atoms with Crippen LogP contribution in [0.25, 0.3) is 0 Å². The lowest BCUT2D eigenvalue weighted by Crippen LogP contribution is -2.42. The predicted octanol–water partition coefficient (Wildman–Crippen LogP) is 2.14. The first-order valence-electron chi connectivity index (χ1n) is 5.37. The van der Waals surface area contributed by atoms with Crippen molar-refractivity contribution in [3.05, 3.63) is 12.2 Å². The molecule has 76 valence electrons. The molecule has 2 heteroatoms. The SMILES string of the molecule is CC1C=CCC(C=O)C12CCCC2=O. The lowest BCUT2D eigenvalue weighted by molar-refractivity contribution is -0.135. The van der Waals surface area contributed by atoms with Gasteiger partial charge in [-0.25, -0.2) is 0 Å². The van der Waals surface area contributed by atoms with E-state index in [1.807, 2.05) is 6.08 Å². The van der Waals surface area contributed by atoms with Gasteiger partial charge in [-0.05, 0) is 25.2 Å². The first-order valence-corrected chi connectivity index (χ1v) is 5.37. The normalized spacial score (nSPS) is 41.9. The van der Waals surface area contributed by atoms with Gasteiger partial charge < -0.3 is 4.79 Å². The first kappa shape index (κ1) is 9.63. The minimum absolute atomic E-state index is 0.0718. The molecule has 3 atom stereocenters. The Hall–Kier alpha value is -0.920. The topological polar surface area (TPSA) is 34.1 Å². The summed E-state index contributed by atoms with van der Waals surface area (Å²) in [7, 11) is 0. The molecule has 0 amide bonds. The number of carbonyl (C=O) groups is 2. The van der Waals surface area contributed by atoms with Crippen molar-refractivity contribution in [3.8, 4) is 0 Å². The summed E-state index contributed by atoms with van der Waals surface area (Å²) in [6.45, 7) is 2.06. The van der Waals surface area contributed by atoms with Gasteiger partial charge in [-0.1, -0.05) is 19.1 Å². The Morgan fingerprint density at radius 2 is 2.36 bits per heavy atom. The second kappa shape index (κ2) is 3.34. The van der Waals surface area contributed by atoms with Gasteiger partial charge in [0.15, 0.2) is 0 Å². The third-order valence-electron chi connectivity index (χ3n) is 3.97. The van der Waals surface area contributed by atoms with Crippen molar-refractivity contribution in [2.24, 2.45) is 17.3 Å². The number of ketones is 1. The predicted molar refractivity (Wildman–Crippen MR) is 53.8 cm³/mol. The summed E-state index contributed by atoms with van der Waals surface area (Å²) in [6, 6.07) is 0. The Morgan fingerprint density at radius 3 is 2.93 bits per heavy atom. The number of Topliss-reactive ketones (excluding diaryl/α,β-unsaturated/α-hetero) is 1. The van der Waals surface area contributed by atoms with Crippen molar-refractivity contribution in [1.82, 2.24) is 0 Å². The highest BCUT2D eigenvalue weighted by molar-refractivity contribution is 5.90. The van der Waals surface area contributed by atoms with Crippen LogP contribution in [0.4, 0.5) is 0 Å². The van der Waals surface area contributed by atoms with Crippen LogP contribution in [-0.2, 0) is 9.59 Å². The quantitative estimate of drug-likeness (QED) is 0.471. The molecule has 1 fully saturated rings. The van der Waals surface area contributed by atoms with Crippen molar-refractivity contribution in [2.45, 2.75) is 32.6 Å². The molecular formula is C12H16O2. The number of allylic oxidation sites excluding steroid dienone is 2. The zero-order chi connectivity index (χ0) is 10.2. The molecule has 2 nitrogen and oxygen atoms in total. The van der Waals surface area contributed by atoms with Gasteiger partial charge in [0, 0.05) is 17.8 Å². The largest absolute Gasteiger partial charge is 0.303 e. The molecular weight excluding hydrogens is 176 g/mol. The van der Waals surface area contributed by atoms with Crippen LogP contribution in [-0.4, -0.2) is 12.1 Å². The Labute approximate surface area is 84.4 Å². The minimum atomic E-state index is -0.337. The molecule has 2 rings (SSSR count). The van der Waals surface area contributed by atoms with E-state index in [1.54, 1.807) is 0 Å². The number of hydrogen-bond donors (Lipinski definition) is 0. The van der Waals surface area contributed by atoms with E-state index >= 15 is 0 Å². The summed E-state index contributed by atoms with van der Waals surface area (Å²) >= 11 is 0. The van der Waals surface area contributed by atoms with Gasteiger partial charge in [-0.3, -0.25) is 4.79 Å². The van der Waals surface area contributed by atoms with Crippen molar-refractivity contribution in [1.29, 1.82) is 0 Å². The van der Waals surface area contributed by atoms with E-state index in [-0.39, 0.29) is 17.3 Å². The molecule has 0 N–H and O–H groups in total. The van der Waals surface area contributed by atoms with Crippen LogP contribution >= 0.6 is 0 Å². The second-order valence-electron chi connectivity index (χ2n) is 4.51. The Morgan fingerprint density at radius 1 is 1.57 bits per heavy atom. The molecule has 0 aliphatic heterocycles. The van der Waals surface area contributed by atoms with E-state index < -0.39 is 0 Å². The van der Waals surface area contributed by atoms with E-state index in [0.717, 1.165) is 25.5 Å². The molecule has 0 bridgehead atoms. The highest BCUT2D eigenvalue weighted by Gasteiger charge is 2.51. The molecule has 0 aromatic carbocycles. The molecule has 14 heavy (non-hydrogen) atoms. The molecule has 0 aromatic rings. The molecule has 0 radical (unpaired) electrons. The molecule has 0 heterocycles. The van der Waals surface area contributed by atoms with Crippen LogP contribution in [0.5, 0.6) is 0 Å². The summed E-state index contributed by atoms with van der Waals surface area (Å²) in [5.41, 5.74) is -0.337. The molecule has 0 aromatic heterocycles. The summed E-state index contributed by atoms with van der Waals surface area (Å²) < 4.78 is 0. The molecule has 1 saturated carbocycles. The van der Waals surface area contributed by atoms with Crippen molar-refractivity contribution in [3.63, 3.8) is 0 Å². The maximum absolute atomic E-state index is 11.9. The highest BCUT2D eigenvalue weighted by Crippen LogP contribution is 2.50. The van der Waals surface area contributed by atoms with Crippen LogP contribution in [0.3, 0.4) is 0 Å². The Balaban J connectivity index is 2.41. The van der Waals surface area contributed by atoms with E-state index in [1.165, 1.54) is 0 Å². The fourth-order valence-corrected chi connectivity index (χ4v) is 3.11. The summed E-state index contributed by atoms with van der Waals surface area (Å²) in [4.78, 5) is 23.0. The van der Waals surface area contributed by atoms with Crippen LogP contribution in [0.1, 0.15) is 32.6 Å². The molecule has 2 aliphatic carbocycles. The van der Waals surface area contributed by atoms with E-state index in [4.69, 9.17) is 0 Å². The summed E-state index contributed by atoms with van der Waals surface area (Å²) in [5.74, 6) is 0.477. The zero-order valence-corrected chi connectivity index (χ0v) is 8.53. The highest BCUT2D eigenvalue weighted by atomic mass is 16.1. The molecule has 0 saturated heterocycles. The monoisotopic (exact) mass is 192 g/mol. The fraction of sp³-hybridized carbons (Fsp3) is 0.667. The van der Waals surface area contributed by atoms with Gasteiger partial charge >= 0.3 is 0 Å². The Bertz CT molecular complexity index is 293. The van der Waals surface area contributed by atoms with Gasteiger partial charge in [0.1, 0.15) is 12.1 Å². The number of aldehydes is 1. The lowest BCUT2D eigenvalue weighted by atomic mass is 9.62. The lowest BCUT2D eigenvalue weighted by Gasteiger charge is -2.39. The smallest absolute Gasteiger partial charge is 0.140 e. The van der Waals surface area contributed by atoms with Gasteiger partial charge in [0.05, 0.1) is 0 Å². The molecule has 2 aliphatic rings. The Kier molecular flexibility index (Phi) is 2.30. The first-order chi connectivity index (χ1) is 6.71. The van der Waals surface area contributed by atoms with Crippen LogP contribution < -0.4 is 0 Å². The zero-order valence-electron chi connectivity index (χ0n) is 8.53. The van der Waals surface area contributed by atoms with E-state index in [0.29, 0.717) is 12.2 Å². The minimum Gasteiger partial charge on any atom is -0.303 e. The summed E-state index contributed by atoms with van der Waals surface area (Å²) in [5, 5.41) is 0. The third kappa shape index (κ3) is 1.09. The average Bonchev–Trinajstić information content (AvgIpc) is 2.55. The third-order valence-corrected chi connectivity index (χ3v) is 3.97. The van der Waals surface area contributed by atoms with Crippen molar-refractivity contribution < 1.29 is 9.59 Å². The maximum Gasteiger partial charge on any atom is 0.140 e. The van der Waals surface area contributed by atoms with E-state index in [9.17, 15) is 9.59 Å². The second-order valence-corrected chi connectivity index (χ2v) is 4.51. The number of hydrogen-bond acceptors (Lipinski definition) is 2. The van der Waals surface area contributed by atoms with Crippen molar-refractivity contribution in [2.75, 3.05) is 0 Å². The molecule has 3 unspecified atom stereocenters. The maximum atomic E-state index is 11.9. The summed E-state index contributed by atoms with van der Waals surface area (Å²) in [6.07, 6.45) is 8.41. The van der Waals surface area contributed by atoms with Gasteiger partial charge in [0.25, 0.3) is 0 Å².